The van der Waals surface area contributed by atoms with Crippen LogP contribution in [0.4, 0.5) is 0 Å². The molecule has 1 unspecified atom stereocenters. The summed E-state index contributed by atoms with van der Waals surface area (Å²) in [6.07, 6.45) is 2.42. The van der Waals surface area contributed by atoms with E-state index < -0.39 is 0 Å². The van der Waals surface area contributed by atoms with Crippen molar-refractivity contribution in [1.82, 2.24) is 10.6 Å². The van der Waals surface area contributed by atoms with E-state index in [1.54, 1.807) is 0 Å². The van der Waals surface area contributed by atoms with Crippen LogP contribution in [0.15, 0.2) is 30.3 Å². The molecule has 0 fully saturated rings. The van der Waals surface area contributed by atoms with E-state index >= 15 is 0 Å². The number of hydrogen-bond acceptors (Lipinski definition) is 2. The molecule has 1 aromatic carbocycles. The van der Waals surface area contributed by atoms with E-state index in [2.05, 4.69) is 55.7 Å². The molecule has 1 aromatic rings. The Morgan fingerprint density at radius 3 is 2.43 bits per heavy atom. The first-order valence-electron chi connectivity index (χ1n) is 7.45. The predicted octanol–water partition coefficient (Wildman–Crippen LogP) is 3.28. The minimum Gasteiger partial charge on any atom is -0.354 e. The average Bonchev–Trinajstić information content (AvgIpc) is 2.39. The standard InChI is InChI=1S/C17H28N2O.ClH/c1-14(19-16(20)11-8-12-18-4)13-17(2,3)15-9-6-5-7-10-15;/h5-7,9-10,14,18H,8,11-13H2,1-4H3,(H,19,20);1H. The fraction of sp³-hybridized carbons (Fsp3) is 0.588. The lowest BCUT2D eigenvalue weighted by atomic mass is 9.79. The number of carbonyl (C=O) groups excluding carboxylic acids is 1. The summed E-state index contributed by atoms with van der Waals surface area (Å²) in [6.45, 7) is 7.43. The first-order valence-corrected chi connectivity index (χ1v) is 7.45. The third-order valence-electron chi connectivity index (χ3n) is 3.61. The molecule has 21 heavy (non-hydrogen) atoms. The highest BCUT2D eigenvalue weighted by Gasteiger charge is 2.23. The van der Waals surface area contributed by atoms with Gasteiger partial charge in [0.1, 0.15) is 0 Å². The molecule has 120 valence electrons. The van der Waals surface area contributed by atoms with Gasteiger partial charge in [-0.25, -0.2) is 0 Å². The Kier molecular flexibility index (Phi) is 9.31. The molecule has 0 aromatic heterocycles. The Hall–Kier alpha value is -1.06. The number of hydrogen-bond donors (Lipinski definition) is 2. The van der Waals surface area contributed by atoms with Gasteiger partial charge >= 0.3 is 0 Å². The molecule has 0 aliphatic rings. The molecule has 0 aliphatic carbocycles. The van der Waals surface area contributed by atoms with Gasteiger partial charge in [-0.1, -0.05) is 44.2 Å². The molecule has 0 aliphatic heterocycles. The molecular weight excluding hydrogens is 284 g/mol. The SMILES string of the molecule is CNCCCC(=O)NC(C)CC(C)(C)c1ccccc1.Cl. The largest absolute Gasteiger partial charge is 0.354 e. The van der Waals surface area contributed by atoms with E-state index in [9.17, 15) is 4.79 Å². The number of amides is 1. The predicted molar refractivity (Wildman–Crippen MR) is 92.1 cm³/mol. The molecule has 3 nitrogen and oxygen atoms in total. The maximum atomic E-state index is 11.8. The van der Waals surface area contributed by atoms with Crippen LogP contribution in [0.1, 0.15) is 45.6 Å². The topological polar surface area (TPSA) is 41.1 Å². The summed E-state index contributed by atoms with van der Waals surface area (Å²) in [4.78, 5) is 11.8. The molecule has 4 heteroatoms. The van der Waals surface area contributed by atoms with Gasteiger partial charge in [0.15, 0.2) is 0 Å². The second kappa shape index (κ2) is 9.80. The highest BCUT2D eigenvalue weighted by Crippen LogP contribution is 2.28. The average molecular weight is 313 g/mol. The van der Waals surface area contributed by atoms with Gasteiger partial charge < -0.3 is 10.6 Å². The van der Waals surface area contributed by atoms with Gasteiger partial charge in [0.2, 0.25) is 5.91 Å². The van der Waals surface area contributed by atoms with Crippen LogP contribution in [0.5, 0.6) is 0 Å². The zero-order valence-electron chi connectivity index (χ0n) is 13.6. The van der Waals surface area contributed by atoms with Crippen LogP contribution in [-0.2, 0) is 10.2 Å². The summed E-state index contributed by atoms with van der Waals surface area (Å²) in [5.41, 5.74) is 1.38. The molecule has 0 radical (unpaired) electrons. The Morgan fingerprint density at radius 1 is 1.24 bits per heavy atom. The Labute approximate surface area is 135 Å². The molecular formula is C17H29ClN2O. The van der Waals surface area contributed by atoms with Crippen molar-refractivity contribution in [2.45, 2.75) is 51.5 Å². The van der Waals surface area contributed by atoms with Crippen LogP contribution in [0.2, 0.25) is 0 Å². The summed E-state index contributed by atoms with van der Waals surface area (Å²) >= 11 is 0. The number of nitrogens with one attached hydrogen (secondary N) is 2. The lowest BCUT2D eigenvalue weighted by Crippen LogP contribution is -2.37. The summed E-state index contributed by atoms with van der Waals surface area (Å²) < 4.78 is 0. The molecule has 0 heterocycles. The lowest BCUT2D eigenvalue weighted by Gasteiger charge is -2.29. The third kappa shape index (κ3) is 7.49. The smallest absolute Gasteiger partial charge is 0.220 e. The first kappa shape index (κ1) is 19.9. The lowest BCUT2D eigenvalue weighted by molar-refractivity contribution is -0.121. The Morgan fingerprint density at radius 2 is 1.86 bits per heavy atom. The maximum absolute atomic E-state index is 11.8. The first-order chi connectivity index (χ1) is 9.45. The fourth-order valence-electron chi connectivity index (χ4n) is 2.60. The molecule has 1 amide bonds. The Bertz CT molecular complexity index is 407. The number of benzene rings is 1. The van der Waals surface area contributed by atoms with Gasteiger partial charge in [0.25, 0.3) is 0 Å². The Balaban J connectivity index is 0.00000400. The molecule has 0 saturated carbocycles. The van der Waals surface area contributed by atoms with E-state index in [4.69, 9.17) is 0 Å². The normalized spacial score (nSPS) is 12.4. The van der Waals surface area contributed by atoms with E-state index in [1.165, 1.54) is 5.56 Å². The molecule has 0 spiro atoms. The van der Waals surface area contributed by atoms with Crippen LogP contribution in [0.3, 0.4) is 0 Å². The van der Waals surface area contributed by atoms with Crippen LogP contribution in [0, 0.1) is 0 Å². The molecule has 0 bridgehead atoms. The van der Waals surface area contributed by atoms with Crippen molar-refractivity contribution in [3.05, 3.63) is 35.9 Å². The van der Waals surface area contributed by atoms with Crippen molar-refractivity contribution in [3.63, 3.8) is 0 Å². The second-order valence-electron chi connectivity index (χ2n) is 6.13. The van der Waals surface area contributed by atoms with Gasteiger partial charge in [-0.15, -0.1) is 12.4 Å². The van der Waals surface area contributed by atoms with Crippen LogP contribution in [0.25, 0.3) is 0 Å². The minimum absolute atomic E-state index is 0. The zero-order valence-corrected chi connectivity index (χ0v) is 14.4. The van der Waals surface area contributed by atoms with Gasteiger partial charge in [0.05, 0.1) is 0 Å². The van der Waals surface area contributed by atoms with E-state index in [0.29, 0.717) is 6.42 Å². The number of rotatable bonds is 8. The quantitative estimate of drug-likeness (QED) is 0.723. The van der Waals surface area contributed by atoms with Crippen LogP contribution in [-0.4, -0.2) is 25.5 Å². The van der Waals surface area contributed by atoms with E-state index in [0.717, 1.165) is 19.4 Å². The van der Waals surface area contributed by atoms with Gasteiger partial charge in [-0.3, -0.25) is 4.79 Å². The zero-order chi connectivity index (χ0) is 15.0. The van der Waals surface area contributed by atoms with Crippen molar-refractivity contribution in [1.29, 1.82) is 0 Å². The van der Waals surface area contributed by atoms with Gasteiger partial charge in [0, 0.05) is 12.5 Å². The summed E-state index contributed by atoms with van der Waals surface area (Å²) in [7, 11) is 1.91. The minimum atomic E-state index is 0. The number of carbonyl (C=O) groups is 1. The highest BCUT2D eigenvalue weighted by atomic mass is 35.5. The highest BCUT2D eigenvalue weighted by molar-refractivity contribution is 5.85. The summed E-state index contributed by atoms with van der Waals surface area (Å²) in [6, 6.07) is 10.7. The van der Waals surface area contributed by atoms with Crippen molar-refractivity contribution in [2.75, 3.05) is 13.6 Å². The van der Waals surface area contributed by atoms with Crippen LogP contribution < -0.4 is 10.6 Å². The van der Waals surface area contributed by atoms with Crippen molar-refractivity contribution in [3.8, 4) is 0 Å². The van der Waals surface area contributed by atoms with Crippen molar-refractivity contribution in [2.24, 2.45) is 0 Å². The fourth-order valence-corrected chi connectivity index (χ4v) is 2.60. The van der Waals surface area contributed by atoms with E-state index in [1.807, 2.05) is 13.1 Å². The van der Waals surface area contributed by atoms with Crippen LogP contribution >= 0.6 is 12.4 Å². The number of halogens is 1. The molecule has 2 N–H and O–H groups in total. The summed E-state index contributed by atoms with van der Waals surface area (Å²) in [5, 5.41) is 6.15. The molecule has 1 rings (SSSR count). The molecule has 1 atom stereocenters. The maximum Gasteiger partial charge on any atom is 0.220 e. The van der Waals surface area contributed by atoms with Crippen molar-refractivity contribution < 1.29 is 4.79 Å². The second-order valence-corrected chi connectivity index (χ2v) is 6.13. The molecule has 0 saturated heterocycles. The van der Waals surface area contributed by atoms with Gasteiger partial charge in [-0.05, 0) is 44.3 Å². The third-order valence-corrected chi connectivity index (χ3v) is 3.61. The van der Waals surface area contributed by atoms with Crippen molar-refractivity contribution >= 4 is 18.3 Å². The van der Waals surface area contributed by atoms with Gasteiger partial charge in [-0.2, -0.15) is 0 Å². The monoisotopic (exact) mass is 312 g/mol. The summed E-state index contributed by atoms with van der Waals surface area (Å²) in [5.74, 6) is 0.150. The van der Waals surface area contributed by atoms with E-state index in [-0.39, 0.29) is 29.8 Å².